The first-order chi connectivity index (χ1) is 8.25. The molecule has 0 amide bonds. The molecule has 0 radical (unpaired) electrons. The monoisotopic (exact) mass is 349 g/mol. The number of nitrogens with zero attached hydrogens (tertiary/aromatic N) is 1. The summed E-state index contributed by atoms with van der Waals surface area (Å²) in [5, 5.41) is 0. The summed E-state index contributed by atoms with van der Waals surface area (Å²) >= 11 is 4.25. The first-order valence-corrected chi connectivity index (χ1v) is 12.8. The molecule has 1 atom stereocenters. The van der Waals surface area contributed by atoms with Crippen LogP contribution < -0.4 is 0 Å². The molecule has 0 bridgehead atoms. The van der Waals surface area contributed by atoms with E-state index in [1.165, 1.54) is 35.3 Å². The normalized spacial score (nSPS) is 20.6. The van der Waals surface area contributed by atoms with Crippen molar-refractivity contribution in [3.8, 4) is 0 Å². The van der Waals surface area contributed by atoms with Crippen molar-refractivity contribution in [2.75, 3.05) is 13.1 Å². The van der Waals surface area contributed by atoms with Crippen LogP contribution in [0.15, 0.2) is 18.2 Å². The number of rotatable bonds is 2. The molecule has 1 aromatic rings. The summed E-state index contributed by atoms with van der Waals surface area (Å²) in [5.41, 5.74) is 0.794. The summed E-state index contributed by atoms with van der Waals surface area (Å²) in [7, 11) is 0. The van der Waals surface area contributed by atoms with Gasteiger partial charge in [0.1, 0.15) is 0 Å². The van der Waals surface area contributed by atoms with Crippen LogP contribution in [-0.2, 0) is 22.9 Å². The number of hydrogen-bond acceptors (Lipinski definition) is 1. The van der Waals surface area contributed by atoms with Crippen molar-refractivity contribution in [1.82, 2.24) is 4.90 Å². The van der Waals surface area contributed by atoms with Crippen LogP contribution in [0.25, 0.3) is 0 Å². The van der Waals surface area contributed by atoms with Gasteiger partial charge in [0.15, 0.2) is 0 Å². The maximum absolute atomic E-state index is 13.4. The minimum absolute atomic E-state index is 0.129. The molecule has 0 aliphatic carbocycles. The third-order valence-corrected chi connectivity index (χ3v) is 3.03. The minimum atomic E-state index is -0.129. The van der Waals surface area contributed by atoms with Crippen LogP contribution in [0.3, 0.4) is 0 Å². The molecular formula is C13H17BrFNZn. The van der Waals surface area contributed by atoms with Gasteiger partial charge in [-0.25, -0.2) is 0 Å². The Kier molecular flexibility index (Phi) is 7.49. The van der Waals surface area contributed by atoms with Crippen LogP contribution in [0.1, 0.15) is 25.3 Å². The van der Waals surface area contributed by atoms with Crippen molar-refractivity contribution < 1.29 is 20.7 Å². The van der Waals surface area contributed by atoms with E-state index in [1.54, 1.807) is 6.07 Å². The van der Waals surface area contributed by atoms with Gasteiger partial charge in [-0.3, -0.25) is 4.39 Å². The van der Waals surface area contributed by atoms with Crippen LogP contribution in [0.4, 0.5) is 4.39 Å². The number of benzene rings is 1. The molecular weight excluding hydrogens is 334 g/mol. The number of halogens is 2. The van der Waals surface area contributed by atoms with Gasteiger partial charge in [0.25, 0.3) is 0 Å². The predicted octanol–water partition coefficient (Wildman–Crippen LogP) is 3.70. The van der Waals surface area contributed by atoms with Gasteiger partial charge in [-0.2, -0.15) is 18.2 Å². The Morgan fingerprint density at radius 3 is 3.00 bits per heavy atom. The third kappa shape index (κ3) is 5.15. The average molecular weight is 352 g/mol. The molecule has 1 aromatic carbocycles. The van der Waals surface area contributed by atoms with Crippen LogP contribution in [0.2, 0.25) is 0 Å². The molecule has 1 nitrogen and oxygen atoms in total. The zero-order valence-corrected chi connectivity index (χ0v) is 14.8. The van der Waals surface area contributed by atoms with Crippen molar-refractivity contribution in [1.29, 1.82) is 0 Å². The molecule has 1 unspecified atom stereocenters. The van der Waals surface area contributed by atoms with Gasteiger partial charge in [0.2, 0.25) is 0 Å². The third-order valence-electron chi connectivity index (χ3n) is 3.03. The molecule has 2 rings (SSSR count). The van der Waals surface area contributed by atoms with Crippen molar-refractivity contribution in [3.05, 3.63) is 35.6 Å². The van der Waals surface area contributed by atoms with Crippen molar-refractivity contribution in [2.24, 2.45) is 5.92 Å². The van der Waals surface area contributed by atoms with Gasteiger partial charge in [-0.15, -0.1) is 11.6 Å². The van der Waals surface area contributed by atoms with E-state index in [0.29, 0.717) is 0 Å². The Bertz CT molecular complexity index is 335. The zero-order valence-electron chi connectivity index (χ0n) is 10.3. The molecule has 1 fully saturated rings. The van der Waals surface area contributed by atoms with E-state index in [-0.39, 0.29) is 5.82 Å². The fourth-order valence-corrected chi connectivity index (χ4v) is 2.24. The van der Waals surface area contributed by atoms with E-state index in [4.69, 9.17) is 0 Å². The fraction of sp³-hybridized carbons (Fsp3) is 0.538. The molecule has 1 aliphatic heterocycles. The first-order valence-electron chi connectivity index (χ1n) is 5.89. The molecule has 1 aliphatic rings. The van der Waals surface area contributed by atoms with Gasteiger partial charge in [0.05, 0.1) is 0 Å². The van der Waals surface area contributed by atoms with Gasteiger partial charge >= 0.3 is 30.0 Å². The van der Waals surface area contributed by atoms with Crippen molar-refractivity contribution in [3.63, 3.8) is 0 Å². The van der Waals surface area contributed by atoms with Gasteiger partial charge in [-0.1, -0.05) is 6.92 Å². The molecule has 17 heavy (non-hydrogen) atoms. The molecule has 1 saturated heterocycles. The van der Waals surface area contributed by atoms with Gasteiger partial charge < -0.3 is 4.90 Å². The molecule has 4 heteroatoms. The van der Waals surface area contributed by atoms with E-state index in [0.717, 1.165) is 31.1 Å². The van der Waals surface area contributed by atoms with Crippen molar-refractivity contribution in [2.45, 2.75) is 26.3 Å². The Morgan fingerprint density at radius 1 is 1.59 bits per heavy atom. The quantitative estimate of drug-likeness (QED) is 0.580. The topological polar surface area (TPSA) is 3.24 Å². The number of piperidine rings is 1. The zero-order chi connectivity index (χ0) is 12.7. The van der Waals surface area contributed by atoms with Crippen LogP contribution >= 0.6 is 13.6 Å². The predicted molar refractivity (Wildman–Crippen MR) is 67.8 cm³/mol. The SMILES string of the molecule is CC1CCCN(Cc2cc[c-]cc2F)C1.[Zn+][Br]. The Morgan fingerprint density at radius 2 is 2.35 bits per heavy atom. The standard InChI is InChI=1S/C13H17FN.BrH.Zn/c1-11-5-4-8-15(9-11)10-12-6-2-3-7-13(12)14;;/h2,6-7,11H,4-5,8-10H2,1H3;1H;/q-1;;+2/p-1. The van der Waals surface area contributed by atoms with Gasteiger partial charge in [0, 0.05) is 18.9 Å². The number of hydrogen-bond donors (Lipinski definition) is 0. The van der Waals surface area contributed by atoms with E-state index in [9.17, 15) is 4.39 Å². The molecule has 0 aromatic heterocycles. The van der Waals surface area contributed by atoms with E-state index in [2.05, 4.69) is 31.5 Å². The summed E-state index contributed by atoms with van der Waals surface area (Å²) in [6.45, 7) is 5.20. The second kappa shape index (κ2) is 8.34. The summed E-state index contributed by atoms with van der Waals surface area (Å²) in [6, 6.07) is 7.78. The summed E-state index contributed by atoms with van der Waals surface area (Å²) in [6.07, 6.45) is 2.54. The second-order valence-corrected chi connectivity index (χ2v) is 4.50. The first kappa shape index (κ1) is 15.3. The molecule has 0 saturated carbocycles. The van der Waals surface area contributed by atoms with E-state index < -0.39 is 0 Å². The van der Waals surface area contributed by atoms with Crippen LogP contribution in [0.5, 0.6) is 0 Å². The van der Waals surface area contributed by atoms with Crippen LogP contribution in [-0.4, -0.2) is 18.0 Å². The Labute approximate surface area is 120 Å². The molecule has 0 spiro atoms. The van der Waals surface area contributed by atoms with Crippen LogP contribution in [0, 0.1) is 17.8 Å². The molecule has 1 heterocycles. The Hall–Kier alpha value is 0.213. The van der Waals surface area contributed by atoms with E-state index in [1.807, 2.05) is 6.07 Å². The Balaban J connectivity index is 0.000000686. The second-order valence-electron chi connectivity index (χ2n) is 4.50. The average Bonchev–Trinajstić information content (AvgIpc) is 2.35. The molecule has 0 N–H and O–H groups in total. The molecule has 90 valence electrons. The number of likely N-dealkylation sites (tertiary alicyclic amines) is 1. The van der Waals surface area contributed by atoms with E-state index >= 15 is 0 Å². The summed E-state index contributed by atoms with van der Waals surface area (Å²) in [5.74, 6) is 0.618. The summed E-state index contributed by atoms with van der Waals surface area (Å²) in [4.78, 5) is 2.34. The van der Waals surface area contributed by atoms with Crippen molar-refractivity contribution >= 4 is 13.6 Å². The maximum atomic E-state index is 13.4. The summed E-state index contributed by atoms with van der Waals surface area (Å²) < 4.78 is 13.4. The fourth-order valence-electron chi connectivity index (χ4n) is 2.24. The van der Waals surface area contributed by atoms with Gasteiger partial charge in [-0.05, 0) is 25.3 Å².